The molecule has 0 atom stereocenters. The lowest BCUT2D eigenvalue weighted by molar-refractivity contribution is 0.0701. The highest BCUT2D eigenvalue weighted by molar-refractivity contribution is 5.92. The van der Waals surface area contributed by atoms with Gasteiger partial charge in [0.15, 0.2) is 5.69 Å². The Kier molecular flexibility index (Phi) is 5.22. The van der Waals surface area contributed by atoms with E-state index in [1.165, 1.54) is 0 Å². The summed E-state index contributed by atoms with van der Waals surface area (Å²) in [5.74, 6) is 0.353. The van der Waals surface area contributed by atoms with E-state index >= 15 is 0 Å². The van der Waals surface area contributed by atoms with Crippen LogP contribution in [0.1, 0.15) is 16.1 Å². The number of anilines is 1. The predicted molar refractivity (Wildman–Crippen MR) is 79.8 cm³/mol. The monoisotopic (exact) mass is 286 g/mol. The molecule has 2 rings (SSSR count). The Labute approximate surface area is 123 Å². The summed E-state index contributed by atoms with van der Waals surface area (Å²) < 4.78 is 0. The number of hydrogen-bond donors (Lipinski definition) is 2. The second-order valence-corrected chi connectivity index (χ2v) is 4.49. The number of nitrogens with one attached hydrogen (secondary N) is 1. The van der Waals surface area contributed by atoms with Crippen LogP contribution in [0.2, 0.25) is 0 Å². The maximum atomic E-state index is 12.4. The molecule has 0 spiro atoms. The van der Waals surface area contributed by atoms with Gasteiger partial charge in [0.1, 0.15) is 5.82 Å². The summed E-state index contributed by atoms with van der Waals surface area (Å²) in [7, 11) is 1.74. The molecule has 0 aliphatic heterocycles. The van der Waals surface area contributed by atoms with Crippen molar-refractivity contribution in [3.63, 3.8) is 0 Å². The Balaban J connectivity index is 2.14. The number of aliphatic hydroxyl groups excluding tert-OH is 1. The van der Waals surface area contributed by atoms with E-state index in [2.05, 4.69) is 15.5 Å². The van der Waals surface area contributed by atoms with Crippen LogP contribution in [0.4, 0.5) is 5.82 Å². The van der Waals surface area contributed by atoms with Gasteiger partial charge >= 0.3 is 0 Å². The quantitative estimate of drug-likeness (QED) is 0.833. The van der Waals surface area contributed by atoms with Gasteiger partial charge in [-0.2, -0.15) is 0 Å². The van der Waals surface area contributed by atoms with Gasteiger partial charge in [0, 0.05) is 20.1 Å². The van der Waals surface area contributed by atoms with Crippen LogP contribution in [0.15, 0.2) is 42.5 Å². The lowest BCUT2D eigenvalue weighted by atomic mass is 10.2. The lowest BCUT2D eigenvalue weighted by Crippen LogP contribution is -2.33. The number of hydrogen-bond acceptors (Lipinski definition) is 5. The number of rotatable bonds is 6. The molecule has 1 aromatic carbocycles. The van der Waals surface area contributed by atoms with E-state index in [4.69, 9.17) is 5.11 Å². The first-order chi connectivity index (χ1) is 10.2. The van der Waals surface area contributed by atoms with Crippen LogP contribution in [0.5, 0.6) is 0 Å². The summed E-state index contributed by atoms with van der Waals surface area (Å²) in [6, 6.07) is 12.9. The van der Waals surface area contributed by atoms with Crippen molar-refractivity contribution in [1.29, 1.82) is 0 Å². The smallest absolute Gasteiger partial charge is 0.274 e. The third-order valence-corrected chi connectivity index (χ3v) is 3.01. The highest BCUT2D eigenvalue weighted by atomic mass is 16.3. The Morgan fingerprint density at radius 1 is 1.19 bits per heavy atom. The number of carbonyl (C=O) groups excluding carboxylic acids is 1. The normalized spacial score (nSPS) is 10.2. The summed E-state index contributed by atoms with van der Waals surface area (Å²) in [5.41, 5.74) is 1.26. The van der Waals surface area contributed by atoms with Crippen molar-refractivity contribution in [2.24, 2.45) is 0 Å². The van der Waals surface area contributed by atoms with Gasteiger partial charge in [0.25, 0.3) is 5.91 Å². The van der Waals surface area contributed by atoms with Crippen LogP contribution >= 0.6 is 0 Å². The number of nitrogens with zero attached hydrogens (tertiary/aromatic N) is 3. The number of amides is 1. The molecule has 21 heavy (non-hydrogen) atoms. The molecule has 6 heteroatoms. The molecular formula is C15H18N4O2. The van der Waals surface area contributed by atoms with Crippen molar-refractivity contribution in [3.05, 3.63) is 53.7 Å². The number of aliphatic hydroxyl groups is 1. The average Bonchev–Trinajstić information content (AvgIpc) is 2.55. The topological polar surface area (TPSA) is 78.4 Å². The van der Waals surface area contributed by atoms with Gasteiger partial charge in [0.2, 0.25) is 0 Å². The van der Waals surface area contributed by atoms with Crippen LogP contribution in [0.25, 0.3) is 0 Å². The van der Waals surface area contributed by atoms with Crippen molar-refractivity contribution >= 4 is 11.7 Å². The SMILES string of the molecule is CNc1ccc(C(=O)N(CCO)Cc2ccccc2)nn1. The van der Waals surface area contributed by atoms with E-state index < -0.39 is 0 Å². The van der Waals surface area contributed by atoms with E-state index in [-0.39, 0.29) is 24.8 Å². The van der Waals surface area contributed by atoms with Crippen molar-refractivity contribution in [1.82, 2.24) is 15.1 Å². The molecule has 0 fully saturated rings. The molecule has 0 aliphatic rings. The van der Waals surface area contributed by atoms with Crippen molar-refractivity contribution in [2.45, 2.75) is 6.54 Å². The Morgan fingerprint density at radius 2 is 1.95 bits per heavy atom. The second-order valence-electron chi connectivity index (χ2n) is 4.49. The summed E-state index contributed by atoms with van der Waals surface area (Å²) in [6.45, 7) is 0.583. The lowest BCUT2D eigenvalue weighted by Gasteiger charge is -2.21. The molecule has 110 valence electrons. The molecule has 0 saturated heterocycles. The van der Waals surface area contributed by atoms with Gasteiger partial charge in [0.05, 0.1) is 6.61 Å². The molecular weight excluding hydrogens is 268 g/mol. The first-order valence-electron chi connectivity index (χ1n) is 6.70. The van der Waals surface area contributed by atoms with Gasteiger partial charge in [-0.15, -0.1) is 10.2 Å². The number of carbonyl (C=O) groups is 1. The standard InChI is InChI=1S/C15H18N4O2/c1-16-14-8-7-13(17-18-14)15(21)19(9-10-20)11-12-5-3-2-4-6-12/h2-8,20H,9-11H2,1H3,(H,16,18). The van der Waals surface area contributed by atoms with E-state index in [9.17, 15) is 4.79 Å². The molecule has 0 aliphatic carbocycles. The summed E-state index contributed by atoms with van der Waals surface area (Å²) in [6.07, 6.45) is 0. The molecule has 2 N–H and O–H groups in total. The number of benzene rings is 1. The minimum absolute atomic E-state index is 0.0966. The molecule has 1 amide bonds. The van der Waals surface area contributed by atoms with E-state index in [1.54, 1.807) is 24.1 Å². The van der Waals surface area contributed by atoms with Gasteiger partial charge < -0.3 is 15.3 Å². The molecule has 1 heterocycles. The fourth-order valence-corrected chi connectivity index (χ4v) is 1.92. The number of aromatic nitrogens is 2. The van der Waals surface area contributed by atoms with Gasteiger partial charge in [-0.1, -0.05) is 30.3 Å². The van der Waals surface area contributed by atoms with E-state index in [0.717, 1.165) is 5.56 Å². The molecule has 2 aromatic rings. The zero-order valence-electron chi connectivity index (χ0n) is 11.9. The predicted octanol–water partition coefficient (Wildman–Crippen LogP) is 1.15. The second kappa shape index (κ2) is 7.35. The third-order valence-electron chi connectivity index (χ3n) is 3.01. The van der Waals surface area contributed by atoms with Crippen molar-refractivity contribution < 1.29 is 9.90 Å². The van der Waals surface area contributed by atoms with Crippen LogP contribution in [0, 0.1) is 0 Å². The van der Waals surface area contributed by atoms with Crippen LogP contribution < -0.4 is 5.32 Å². The first kappa shape index (κ1) is 14.9. The minimum Gasteiger partial charge on any atom is -0.395 e. The third kappa shape index (κ3) is 4.00. The molecule has 0 bridgehead atoms. The first-order valence-corrected chi connectivity index (χ1v) is 6.70. The summed E-state index contributed by atoms with van der Waals surface area (Å²) in [5, 5.41) is 19.8. The van der Waals surface area contributed by atoms with Gasteiger partial charge in [-0.05, 0) is 17.7 Å². The molecule has 0 radical (unpaired) electrons. The van der Waals surface area contributed by atoms with Gasteiger partial charge in [-0.3, -0.25) is 4.79 Å². The molecule has 1 aromatic heterocycles. The summed E-state index contributed by atoms with van der Waals surface area (Å²) in [4.78, 5) is 14.0. The molecule has 6 nitrogen and oxygen atoms in total. The largest absolute Gasteiger partial charge is 0.395 e. The van der Waals surface area contributed by atoms with E-state index in [1.807, 2.05) is 30.3 Å². The van der Waals surface area contributed by atoms with Crippen LogP contribution in [-0.4, -0.2) is 46.3 Å². The maximum absolute atomic E-state index is 12.4. The highest BCUT2D eigenvalue weighted by Crippen LogP contribution is 2.09. The fraction of sp³-hybridized carbons (Fsp3) is 0.267. The maximum Gasteiger partial charge on any atom is 0.274 e. The minimum atomic E-state index is -0.247. The zero-order chi connectivity index (χ0) is 15.1. The van der Waals surface area contributed by atoms with Crippen molar-refractivity contribution in [2.75, 3.05) is 25.5 Å². The van der Waals surface area contributed by atoms with Crippen LogP contribution in [-0.2, 0) is 6.54 Å². The molecule has 0 saturated carbocycles. The Hall–Kier alpha value is -2.47. The van der Waals surface area contributed by atoms with Gasteiger partial charge in [-0.25, -0.2) is 0 Å². The Morgan fingerprint density at radius 3 is 2.52 bits per heavy atom. The average molecular weight is 286 g/mol. The van der Waals surface area contributed by atoms with Crippen molar-refractivity contribution in [3.8, 4) is 0 Å². The van der Waals surface area contributed by atoms with Crippen LogP contribution in [0.3, 0.4) is 0 Å². The zero-order valence-corrected chi connectivity index (χ0v) is 11.9. The Bertz CT molecular complexity index is 572. The highest BCUT2D eigenvalue weighted by Gasteiger charge is 2.17. The van der Waals surface area contributed by atoms with E-state index in [0.29, 0.717) is 12.4 Å². The molecule has 0 unspecified atom stereocenters. The summed E-state index contributed by atoms with van der Waals surface area (Å²) >= 11 is 0. The fourth-order valence-electron chi connectivity index (χ4n) is 1.92.